The fourth-order valence-corrected chi connectivity index (χ4v) is 6.40. The van der Waals surface area contributed by atoms with Crippen LogP contribution in [0.25, 0.3) is 11.4 Å². The summed E-state index contributed by atoms with van der Waals surface area (Å²) in [4.78, 5) is 39.9. The van der Waals surface area contributed by atoms with Gasteiger partial charge in [-0.15, -0.1) is 0 Å². The minimum atomic E-state index is -1.46. The van der Waals surface area contributed by atoms with Crippen molar-refractivity contribution in [2.45, 2.75) is 31.2 Å². The van der Waals surface area contributed by atoms with Crippen LogP contribution in [0.5, 0.6) is 5.75 Å². The number of benzene rings is 2. The van der Waals surface area contributed by atoms with Crippen molar-refractivity contribution in [2.75, 3.05) is 62.7 Å². The molecule has 0 radical (unpaired) electrons. The first-order chi connectivity index (χ1) is 23.4. The van der Waals surface area contributed by atoms with E-state index in [2.05, 4.69) is 43.3 Å². The molecule has 0 spiro atoms. The summed E-state index contributed by atoms with van der Waals surface area (Å²) >= 11 is 0. The second kappa shape index (κ2) is 13.9. The Morgan fingerprint density at radius 1 is 1.06 bits per heavy atom. The van der Waals surface area contributed by atoms with Crippen molar-refractivity contribution in [3.05, 3.63) is 84.1 Å². The maximum absolute atomic E-state index is 15.2. The molecule has 1 N–H and O–H groups in total. The van der Waals surface area contributed by atoms with E-state index in [9.17, 15) is 14.9 Å². The third-order valence-corrected chi connectivity index (χ3v) is 9.24. The molecule has 7 rings (SSSR count). The Hall–Kier alpha value is -5.12. The fourth-order valence-electron chi connectivity index (χ4n) is 6.40. The van der Waals surface area contributed by atoms with Gasteiger partial charge in [0, 0.05) is 74.3 Å². The van der Waals surface area contributed by atoms with Crippen molar-refractivity contribution in [2.24, 2.45) is 0 Å². The smallest absolute Gasteiger partial charge is 0.250 e. The molecule has 3 fully saturated rings. The first-order valence-electron chi connectivity index (χ1n) is 16.2. The maximum atomic E-state index is 15.2. The number of amides is 1. The Morgan fingerprint density at radius 3 is 2.58 bits per heavy atom. The molecule has 12 heteroatoms. The Labute approximate surface area is 278 Å². The van der Waals surface area contributed by atoms with Crippen LogP contribution in [-0.2, 0) is 14.3 Å². The van der Waals surface area contributed by atoms with Crippen LogP contribution in [0, 0.1) is 11.3 Å². The number of likely N-dealkylation sites (tertiary alicyclic amines) is 1. The lowest BCUT2D eigenvalue weighted by Crippen LogP contribution is -2.56. The SMILES string of the molecule is N#Cc1cc(-c2nccc(Nc3ccc(N4CCN(C5COC5)CC4)cc3)n2)ccc1O[C@H]1CCN(C(=O)C2=CC=CC(=O)C2)C[C@H]1F. The molecule has 4 aliphatic rings. The third-order valence-electron chi connectivity index (χ3n) is 9.24. The van der Waals surface area contributed by atoms with E-state index in [0.717, 1.165) is 45.1 Å². The molecule has 0 saturated carbocycles. The van der Waals surface area contributed by atoms with Crippen molar-refractivity contribution in [3.63, 3.8) is 0 Å². The average Bonchev–Trinajstić information content (AvgIpc) is 3.09. The zero-order chi connectivity index (χ0) is 33.0. The summed E-state index contributed by atoms with van der Waals surface area (Å²) < 4.78 is 26.5. The fraction of sp³-hybridized carbons (Fsp3) is 0.361. The average molecular weight is 650 g/mol. The summed E-state index contributed by atoms with van der Waals surface area (Å²) in [5, 5.41) is 13.2. The van der Waals surface area contributed by atoms with Crippen LogP contribution in [0.3, 0.4) is 0 Å². The summed E-state index contributed by atoms with van der Waals surface area (Å²) in [5.74, 6) is 0.798. The number of hydrogen-bond acceptors (Lipinski definition) is 10. The molecule has 246 valence electrons. The molecule has 3 aromatic rings. The van der Waals surface area contributed by atoms with Crippen LogP contribution in [0.15, 0.2) is 78.5 Å². The number of halogens is 1. The van der Waals surface area contributed by atoms with Crippen molar-refractivity contribution in [1.29, 1.82) is 5.26 Å². The van der Waals surface area contributed by atoms with Crippen LogP contribution >= 0.6 is 0 Å². The van der Waals surface area contributed by atoms with E-state index in [1.54, 1.807) is 42.6 Å². The van der Waals surface area contributed by atoms with Crippen molar-refractivity contribution in [3.8, 4) is 23.2 Å². The van der Waals surface area contributed by atoms with Gasteiger partial charge >= 0.3 is 0 Å². The summed E-state index contributed by atoms with van der Waals surface area (Å²) in [6.07, 6.45) is 4.21. The molecule has 11 nitrogen and oxygen atoms in total. The number of allylic oxidation sites excluding steroid dienone is 3. The second-order valence-electron chi connectivity index (χ2n) is 12.4. The number of rotatable bonds is 8. The minimum absolute atomic E-state index is 0.0197. The number of anilines is 3. The van der Waals surface area contributed by atoms with E-state index in [1.165, 1.54) is 16.7 Å². The molecule has 48 heavy (non-hydrogen) atoms. The van der Waals surface area contributed by atoms with Crippen molar-refractivity contribution < 1.29 is 23.5 Å². The van der Waals surface area contributed by atoms with Gasteiger partial charge in [0.05, 0.1) is 31.4 Å². The first-order valence-corrected chi connectivity index (χ1v) is 16.2. The molecular weight excluding hydrogens is 613 g/mol. The molecule has 2 atom stereocenters. The molecule has 1 aliphatic carbocycles. The van der Waals surface area contributed by atoms with Gasteiger partial charge in [-0.05, 0) is 54.6 Å². The van der Waals surface area contributed by atoms with Gasteiger partial charge < -0.3 is 24.6 Å². The first kappa shape index (κ1) is 31.5. The molecular formula is C36H36FN7O4. The van der Waals surface area contributed by atoms with E-state index in [-0.39, 0.29) is 48.9 Å². The number of alkyl halides is 1. The number of ether oxygens (including phenoxy) is 2. The predicted molar refractivity (Wildman–Crippen MR) is 178 cm³/mol. The zero-order valence-corrected chi connectivity index (χ0v) is 26.4. The van der Waals surface area contributed by atoms with Crippen molar-refractivity contribution in [1.82, 2.24) is 19.8 Å². The van der Waals surface area contributed by atoms with Gasteiger partial charge in [0.25, 0.3) is 0 Å². The van der Waals surface area contributed by atoms with Gasteiger partial charge in [-0.25, -0.2) is 14.4 Å². The van der Waals surface area contributed by atoms with Gasteiger partial charge in [0.15, 0.2) is 17.8 Å². The zero-order valence-electron chi connectivity index (χ0n) is 26.4. The monoisotopic (exact) mass is 649 g/mol. The largest absolute Gasteiger partial charge is 0.486 e. The molecule has 1 amide bonds. The number of nitrogens with one attached hydrogen (secondary N) is 1. The highest BCUT2D eigenvalue weighted by Gasteiger charge is 2.35. The number of aromatic nitrogens is 2. The van der Waals surface area contributed by atoms with E-state index in [1.807, 2.05) is 12.1 Å². The topological polar surface area (TPSA) is 124 Å². The highest BCUT2D eigenvalue weighted by molar-refractivity contribution is 6.04. The van der Waals surface area contributed by atoms with Crippen molar-refractivity contribution >= 4 is 28.9 Å². The second-order valence-corrected chi connectivity index (χ2v) is 12.4. The molecule has 0 unspecified atom stereocenters. The maximum Gasteiger partial charge on any atom is 0.250 e. The normalized spacial score (nSPS) is 21.7. The van der Waals surface area contributed by atoms with Gasteiger partial charge in [-0.1, -0.05) is 12.2 Å². The highest BCUT2D eigenvalue weighted by atomic mass is 19.1. The lowest BCUT2D eigenvalue weighted by atomic mass is 10.00. The Morgan fingerprint density at radius 2 is 1.88 bits per heavy atom. The molecule has 3 aliphatic heterocycles. The number of piperidine rings is 1. The predicted octanol–water partition coefficient (Wildman–Crippen LogP) is 4.05. The van der Waals surface area contributed by atoms with Crippen LogP contribution in [0.4, 0.5) is 21.6 Å². The molecule has 4 heterocycles. The lowest BCUT2D eigenvalue weighted by molar-refractivity contribution is -0.132. The molecule has 2 aromatic carbocycles. The van der Waals surface area contributed by atoms with E-state index >= 15 is 4.39 Å². The van der Waals surface area contributed by atoms with Crippen LogP contribution < -0.4 is 15.0 Å². The summed E-state index contributed by atoms with van der Waals surface area (Å²) in [5.41, 5.74) is 3.29. The Balaban J connectivity index is 0.959. The molecule has 3 saturated heterocycles. The van der Waals surface area contributed by atoms with E-state index in [4.69, 9.17) is 9.47 Å². The van der Waals surface area contributed by atoms with Crippen LogP contribution in [0.2, 0.25) is 0 Å². The van der Waals surface area contributed by atoms with E-state index in [0.29, 0.717) is 28.8 Å². The van der Waals surface area contributed by atoms with Gasteiger partial charge in [-0.2, -0.15) is 5.26 Å². The van der Waals surface area contributed by atoms with Gasteiger partial charge in [-0.3, -0.25) is 14.5 Å². The summed E-state index contributed by atoms with van der Waals surface area (Å²) in [6.45, 7) is 5.88. The number of nitriles is 1. The Bertz CT molecular complexity index is 1780. The minimum Gasteiger partial charge on any atom is -0.486 e. The number of piperazine rings is 1. The molecule has 1 aromatic heterocycles. The van der Waals surface area contributed by atoms with E-state index < -0.39 is 12.3 Å². The Kier molecular flexibility index (Phi) is 9.14. The number of carbonyl (C=O) groups excluding carboxylic acids is 2. The summed E-state index contributed by atoms with van der Waals surface area (Å²) in [6, 6.07) is 17.8. The van der Waals surface area contributed by atoms with Gasteiger partial charge in [0.2, 0.25) is 5.91 Å². The quantitative estimate of drug-likeness (QED) is 0.382. The number of ketones is 1. The molecule has 0 bridgehead atoms. The highest BCUT2D eigenvalue weighted by Crippen LogP contribution is 2.30. The van der Waals surface area contributed by atoms with Crippen LogP contribution in [0.1, 0.15) is 18.4 Å². The number of hydrogen-bond donors (Lipinski definition) is 1. The standard InChI is InChI=1S/C36H36FN7O4/c37-31-21-44(36(46)25-2-1-3-30(45)19-25)13-11-33(31)48-32-9-4-24(18-26(32)20-38)35-39-12-10-34(41-35)40-27-5-7-28(8-6-27)42-14-16-43(17-15-42)29-22-47-23-29/h1-10,12,18,29,31,33H,11,13-17,19,21-23H2,(H,39,40,41)/t31-,33+/m1/s1. The lowest BCUT2D eigenvalue weighted by Gasteiger charge is -2.43. The summed E-state index contributed by atoms with van der Waals surface area (Å²) in [7, 11) is 0. The number of carbonyl (C=O) groups is 2. The van der Waals surface area contributed by atoms with Crippen LogP contribution in [-0.4, -0.2) is 102 Å². The third kappa shape index (κ3) is 6.93. The van der Waals surface area contributed by atoms with Gasteiger partial charge in [0.1, 0.15) is 23.7 Å². The number of nitrogens with zero attached hydrogens (tertiary/aromatic N) is 6.